The summed E-state index contributed by atoms with van der Waals surface area (Å²) in [5, 5.41) is 4.38. The first-order chi connectivity index (χ1) is 9.47. The maximum absolute atomic E-state index is 12.7. The van der Waals surface area contributed by atoms with Gasteiger partial charge in [0.2, 0.25) is 5.82 Å². The number of thioether (sulfide) groups is 1. The molecule has 110 valence electrons. The molecule has 20 heavy (non-hydrogen) atoms. The zero-order chi connectivity index (χ0) is 14.3. The van der Waals surface area contributed by atoms with Crippen molar-refractivity contribution in [2.24, 2.45) is 5.92 Å². The van der Waals surface area contributed by atoms with Crippen molar-refractivity contribution in [3.05, 3.63) is 12.2 Å². The number of amides is 1. The van der Waals surface area contributed by atoms with Gasteiger partial charge < -0.3 is 4.90 Å². The minimum atomic E-state index is -0.140. The molecule has 1 aliphatic carbocycles. The van der Waals surface area contributed by atoms with Crippen molar-refractivity contribution in [2.45, 2.75) is 45.2 Å². The standard InChI is InChI=1S/C14H22N4OS/c1-14(2,3)18-9-15-12(16-18)13(19)17-6-7-20-8-11(17)10-4-5-10/h9-11H,4-8H2,1-3H3. The van der Waals surface area contributed by atoms with Crippen LogP contribution in [0.2, 0.25) is 0 Å². The Morgan fingerprint density at radius 3 is 2.75 bits per heavy atom. The Morgan fingerprint density at radius 2 is 2.15 bits per heavy atom. The second kappa shape index (κ2) is 5.06. The van der Waals surface area contributed by atoms with Crippen molar-refractivity contribution < 1.29 is 4.79 Å². The van der Waals surface area contributed by atoms with E-state index in [0.717, 1.165) is 18.1 Å². The van der Waals surface area contributed by atoms with E-state index in [2.05, 4.69) is 30.9 Å². The molecule has 1 unspecified atom stereocenters. The molecule has 0 radical (unpaired) electrons. The summed E-state index contributed by atoms with van der Waals surface area (Å²) in [7, 11) is 0. The predicted molar refractivity (Wildman–Crippen MR) is 79.9 cm³/mol. The molecule has 2 heterocycles. The fourth-order valence-electron chi connectivity index (χ4n) is 2.56. The number of hydrogen-bond donors (Lipinski definition) is 0. The molecule has 0 aromatic carbocycles. The molecule has 1 saturated carbocycles. The van der Waals surface area contributed by atoms with Gasteiger partial charge in [-0.2, -0.15) is 11.8 Å². The SMILES string of the molecule is CC(C)(C)n1cnc(C(=O)N2CCSCC2C2CC2)n1. The highest BCUT2D eigenvalue weighted by Crippen LogP contribution is 2.38. The molecule has 1 amide bonds. The molecule has 1 aliphatic heterocycles. The fourth-order valence-corrected chi connectivity index (χ4v) is 3.75. The molecule has 0 bridgehead atoms. The lowest BCUT2D eigenvalue weighted by Gasteiger charge is -2.34. The van der Waals surface area contributed by atoms with Crippen LogP contribution >= 0.6 is 11.8 Å². The fraction of sp³-hybridized carbons (Fsp3) is 0.786. The van der Waals surface area contributed by atoms with Gasteiger partial charge in [0.05, 0.1) is 5.54 Å². The summed E-state index contributed by atoms with van der Waals surface area (Å²) in [4.78, 5) is 18.9. The van der Waals surface area contributed by atoms with Gasteiger partial charge in [-0.15, -0.1) is 5.10 Å². The lowest BCUT2D eigenvalue weighted by molar-refractivity contribution is 0.0670. The topological polar surface area (TPSA) is 51.0 Å². The van der Waals surface area contributed by atoms with Crippen LogP contribution in [0.5, 0.6) is 0 Å². The lowest BCUT2D eigenvalue weighted by Crippen LogP contribution is -2.47. The van der Waals surface area contributed by atoms with E-state index in [0.29, 0.717) is 17.8 Å². The molecule has 5 nitrogen and oxygen atoms in total. The van der Waals surface area contributed by atoms with E-state index in [9.17, 15) is 4.79 Å². The predicted octanol–water partition coefficient (Wildman–Crippen LogP) is 2.00. The highest BCUT2D eigenvalue weighted by atomic mass is 32.2. The number of carbonyl (C=O) groups excluding carboxylic acids is 1. The summed E-state index contributed by atoms with van der Waals surface area (Å²) < 4.78 is 1.77. The Hall–Kier alpha value is -1.04. The van der Waals surface area contributed by atoms with Gasteiger partial charge in [-0.25, -0.2) is 9.67 Å². The number of aromatic nitrogens is 3. The van der Waals surface area contributed by atoms with Crippen LogP contribution in [0.4, 0.5) is 0 Å². The second-order valence-electron chi connectivity index (χ2n) is 6.66. The Balaban J connectivity index is 1.78. The summed E-state index contributed by atoms with van der Waals surface area (Å²) in [6.07, 6.45) is 4.19. The summed E-state index contributed by atoms with van der Waals surface area (Å²) >= 11 is 1.96. The minimum absolute atomic E-state index is 0.00481. The zero-order valence-electron chi connectivity index (χ0n) is 12.4. The molecule has 1 saturated heterocycles. The van der Waals surface area contributed by atoms with Crippen LogP contribution in [0.3, 0.4) is 0 Å². The van der Waals surface area contributed by atoms with Crippen LogP contribution in [-0.2, 0) is 5.54 Å². The van der Waals surface area contributed by atoms with Gasteiger partial charge in [-0.05, 0) is 39.5 Å². The van der Waals surface area contributed by atoms with Gasteiger partial charge in [0, 0.05) is 24.1 Å². The van der Waals surface area contributed by atoms with Gasteiger partial charge in [0.15, 0.2) is 0 Å². The van der Waals surface area contributed by atoms with E-state index >= 15 is 0 Å². The Kier molecular flexibility index (Phi) is 3.52. The third kappa shape index (κ3) is 2.71. The van der Waals surface area contributed by atoms with Crippen molar-refractivity contribution in [1.82, 2.24) is 19.7 Å². The Bertz CT molecular complexity index is 504. The second-order valence-corrected chi connectivity index (χ2v) is 7.81. The number of carbonyl (C=O) groups is 1. The van der Waals surface area contributed by atoms with Crippen LogP contribution in [0.1, 0.15) is 44.2 Å². The third-order valence-corrected chi connectivity index (χ3v) is 5.01. The first-order valence-electron chi connectivity index (χ1n) is 7.27. The van der Waals surface area contributed by atoms with Gasteiger partial charge >= 0.3 is 0 Å². The van der Waals surface area contributed by atoms with Crippen molar-refractivity contribution in [3.8, 4) is 0 Å². The normalized spacial score (nSPS) is 23.9. The quantitative estimate of drug-likeness (QED) is 0.837. The third-order valence-electron chi connectivity index (χ3n) is 3.96. The molecule has 2 aliphatic rings. The largest absolute Gasteiger partial charge is 0.331 e. The van der Waals surface area contributed by atoms with Crippen molar-refractivity contribution >= 4 is 17.7 Å². The molecule has 6 heteroatoms. The van der Waals surface area contributed by atoms with Crippen molar-refractivity contribution in [3.63, 3.8) is 0 Å². The summed E-state index contributed by atoms with van der Waals surface area (Å²) in [6, 6.07) is 0.392. The molecule has 3 rings (SSSR count). The molecule has 0 spiro atoms. The van der Waals surface area contributed by atoms with Crippen LogP contribution in [0.25, 0.3) is 0 Å². The smallest absolute Gasteiger partial charge is 0.293 e. The summed E-state index contributed by atoms with van der Waals surface area (Å²) in [6.45, 7) is 7.00. The van der Waals surface area contributed by atoms with Crippen LogP contribution in [0, 0.1) is 5.92 Å². The summed E-state index contributed by atoms with van der Waals surface area (Å²) in [5.41, 5.74) is -0.140. The number of hydrogen-bond acceptors (Lipinski definition) is 4. The Labute approximate surface area is 124 Å². The van der Waals surface area contributed by atoms with Crippen LogP contribution in [-0.4, -0.2) is 49.7 Å². The van der Waals surface area contributed by atoms with E-state index in [1.54, 1.807) is 11.0 Å². The first-order valence-corrected chi connectivity index (χ1v) is 8.43. The number of nitrogens with zero attached hydrogens (tertiary/aromatic N) is 4. The van der Waals surface area contributed by atoms with E-state index in [1.807, 2.05) is 16.7 Å². The van der Waals surface area contributed by atoms with Crippen LogP contribution < -0.4 is 0 Å². The Morgan fingerprint density at radius 1 is 1.40 bits per heavy atom. The van der Waals surface area contributed by atoms with Gasteiger partial charge in [-0.1, -0.05) is 0 Å². The first kappa shape index (κ1) is 13.9. The van der Waals surface area contributed by atoms with E-state index in [4.69, 9.17) is 0 Å². The van der Waals surface area contributed by atoms with E-state index in [1.165, 1.54) is 12.8 Å². The minimum Gasteiger partial charge on any atom is -0.331 e. The highest BCUT2D eigenvalue weighted by Gasteiger charge is 2.40. The molecular weight excluding hydrogens is 272 g/mol. The monoisotopic (exact) mass is 294 g/mol. The average molecular weight is 294 g/mol. The van der Waals surface area contributed by atoms with Crippen LogP contribution in [0.15, 0.2) is 6.33 Å². The summed E-state index contributed by atoms with van der Waals surface area (Å²) in [5.74, 6) is 3.14. The average Bonchev–Trinajstić information content (AvgIpc) is 3.12. The number of rotatable bonds is 2. The van der Waals surface area contributed by atoms with Crippen molar-refractivity contribution in [2.75, 3.05) is 18.1 Å². The highest BCUT2D eigenvalue weighted by molar-refractivity contribution is 7.99. The lowest BCUT2D eigenvalue weighted by atomic mass is 10.1. The van der Waals surface area contributed by atoms with Gasteiger partial charge in [-0.3, -0.25) is 4.79 Å². The van der Waals surface area contributed by atoms with Crippen molar-refractivity contribution in [1.29, 1.82) is 0 Å². The molecule has 2 fully saturated rings. The molecule has 1 aromatic heterocycles. The zero-order valence-corrected chi connectivity index (χ0v) is 13.2. The van der Waals surface area contributed by atoms with Gasteiger partial charge in [0.1, 0.15) is 6.33 Å². The molecule has 0 N–H and O–H groups in total. The maximum Gasteiger partial charge on any atom is 0.293 e. The maximum atomic E-state index is 12.7. The molecule has 1 atom stereocenters. The van der Waals surface area contributed by atoms with E-state index < -0.39 is 0 Å². The van der Waals surface area contributed by atoms with E-state index in [-0.39, 0.29) is 11.4 Å². The molecular formula is C14H22N4OS. The van der Waals surface area contributed by atoms with Gasteiger partial charge in [0.25, 0.3) is 5.91 Å². The molecule has 1 aromatic rings.